The Hall–Kier alpha value is -2.87. The summed E-state index contributed by atoms with van der Waals surface area (Å²) < 4.78 is 0.793. The molecule has 0 saturated carbocycles. The van der Waals surface area contributed by atoms with Crippen molar-refractivity contribution >= 4 is 45.0 Å². The van der Waals surface area contributed by atoms with E-state index in [0.29, 0.717) is 22.7 Å². The van der Waals surface area contributed by atoms with Gasteiger partial charge in [0.15, 0.2) is 5.92 Å². The summed E-state index contributed by atoms with van der Waals surface area (Å²) in [7, 11) is 0. The largest absolute Gasteiger partial charge is 0.480 e. The van der Waals surface area contributed by atoms with E-state index in [1.165, 1.54) is 0 Å². The average molecular weight is 402 g/mol. The molecule has 8 heteroatoms. The molecule has 0 aliphatic carbocycles. The number of aromatic nitrogens is 1. The number of carboxylic acids is 2. The summed E-state index contributed by atoms with van der Waals surface area (Å²) in [5.74, 6) is -4.69. The third-order valence-electron chi connectivity index (χ3n) is 3.61. The minimum Gasteiger partial charge on any atom is -0.480 e. The monoisotopic (exact) mass is 401 g/mol. The quantitative estimate of drug-likeness (QED) is 0.764. The fourth-order valence-electron chi connectivity index (χ4n) is 2.50. The first-order valence-electron chi connectivity index (χ1n) is 7.26. The number of aliphatic carboxylic acids is 2. The summed E-state index contributed by atoms with van der Waals surface area (Å²) in [6.07, 6.45) is 1.62. The van der Waals surface area contributed by atoms with Gasteiger partial charge in [-0.2, -0.15) is 0 Å². The zero-order chi connectivity index (χ0) is 18.0. The second-order valence-corrected chi connectivity index (χ2v) is 6.17. The zero-order valence-corrected chi connectivity index (χ0v) is 14.3. The van der Waals surface area contributed by atoms with E-state index in [2.05, 4.69) is 30.9 Å². The second kappa shape index (κ2) is 6.94. The molecule has 25 heavy (non-hydrogen) atoms. The molecule has 2 N–H and O–H groups in total. The van der Waals surface area contributed by atoms with Gasteiger partial charge >= 0.3 is 11.9 Å². The normalized spacial score (nSPS) is 13.5. The Kier molecular flexibility index (Phi) is 4.71. The Morgan fingerprint density at radius 3 is 2.52 bits per heavy atom. The van der Waals surface area contributed by atoms with Gasteiger partial charge in [0, 0.05) is 16.2 Å². The Bertz CT molecular complexity index is 895. The Morgan fingerprint density at radius 1 is 1.12 bits per heavy atom. The molecule has 0 bridgehead atoms. The minimum atomic E-state index is -1.75. The van der Waals surface area contributed by atoms with Crippen LogP contribution >= 0.6 is 15.9 Å². The molecule has 1 aliphatic rings. The number of carbonyl (C=O) groups is 2. The standard InChI is InChI=1S/C17H12BrN3O4/c18-9-4-5-11-10(7-9)15(12-3-1-2-6-19-12)20-8-13(21-11)14(16(22)23)17(24)25/h1-7,14H,8H2,(H,22,23)(H,24,25). The maximum absolute atomic E-state index is 11.3. The number of halogens is 1. The van der Waals surface area contributed by atoms with Crippen LogP contribution in [-0.4, -0.2) is 45.1 Å². The van der Waals surface area contributed by atoms with Crippen molar-refractivity contribution in [1.29, 1.82) is 0 Å². The van der Waals surface area contributed by atoms with E-state index in [4.69, 9.17) is 0 Å². The highest BCUT2D eigenvalue weighted by Gasteiger charge is 2.33. The van der Waals surface area contributed by atoms with Gasteiger partial charge in [-0.3, -0.25) is 24.6 Å². The van der Waals surface area contributed by atoms with E-state index < -0.39 is 17.9 Å². The molecule has 2 heterocycles. The zero-order valence-electron chi connectivity index (χ0n) is 12.8. The van der Waals surface area contributed by atoms with Gasteiger partial charge in [0.1, 0.15) is 0 Å². The molecule has 1 aromatic carbocycles. The molecule has 7 nitrogen and oxygen atoms in total. The molecule has 0 fully saturated rings. The highest BCUT2D eigenvalue weighted by atomic mass is 79.9. The first-order valence-corrected chi connectivity index (χ1v) is 8.05. The minimum absolute atomic E-state index is 0.0329. The molecule has 1 aliphatic heterocycles. The van der Waals surface area contributed by atoms with Crippen LogP contribution in [0.1, 0.15) is 11.3 Å². The Balaban J connectivity index is 2.18. The molecule has 0 amide bonds. The van der Waals surface area contributed by atoms with Gasteiger partial charge in [-0.1, -0.05) is 22.0 Å². The molecule has 0 radical (unpaired) electrons. The van der Waals surface area contributed by atoms with Crippen LogP contribution in [0, 0.1) is 5.92 Å². The molecule has 2 aromatic rings. The lowest BCUT2D eigenvalue weighted by Gasteiger charge is -2.08. The number of rotatable bonds is 4. The number of hydrogen-bond donors (Lipinski definition) is 2. The van der Waals surface area contributed by atoms with Crippen LogP contribution in [0.15, 0.2) is 57.1 Å². The van der Waals surface area contributed by atoms with Crippen LogP contribution in [0.4, 0.5) is 5.69 Å². The topological polar surface area (TPSA) is 112 Å². The maximum Gasteiger partial charge on any atom is 0.323 e. The van der Waals surface area contributed by atoms with Crippen molar-refractivity contribution in [1.82, 2.24) is 4.98 Å². The Labute approximate surface area is 150 Å². The van der Waals surface area contributed by atoms with Crippen molar-refractivity contribution in [3.05, 3.63) is 58.3 Å². The molecule has 0 saturated heterocycles. The second-order valence-electron chi connectivity index (χ2n) is 5.25. The highest BCUT2D eigenvalue weighted by molar-refractivity contribution is 9.10. The van der Waals surface area contributed by atoms with Crippen molar-refractivity contribution in [2.24, 2.45) is 15.9 Å². The van der Waals surface area contributed by atoms with E-state index in [1.807, 2.05) is 6.07 Å². The first-order chi connectivity index (χ1) is 12.0. The van der Waals surface area contributed by atoms with Crippen LogP contribution < -0.4 is 0 Å². The fourth-order valence-corrected chi connectivity index (χ4v) is 2.86. The molecule has 126 valence electrons. The van der Waals surface area contributed by atoms with Crippen LogP contribution in [0.25, 0.3) is 0 Å². The fraction of sp³-hybridized carbons (Fsp3) is 0.118. The predicted molar refractivity (Wildman–Crippen MR) is 94.7 cm³/mol. The van der Waals surface area contributed by atoms with Crippen molar-refractivity contribution in [3.63, 3.8) is 0 Å². The van der Waals surface area contributed by atoms with Gasteiger partial charge < -0.3 is 10.2 Å². The van der Waals surface area contributed by atoms with E-state index in [1.54, 1.807) is 36.5 Å². The molecule has 3 rings (SSSR count). The smallest absolute Gasteiger partial charge is 0.323 e. The van der Waals surface area contributed by atoms with Crippen molar-refractivity contribution in [2.45, 2.75) is 0 Å². The number of hydrogen-bond acceptors (Lipinski definition) is 5. The van der Waals surface area contributed by atoms with Crippen LogP contribution in [0.5, 0.6) is 0 Å². The highest BCUT2D eigenvalue weighted by Crippen LogP contribution is 2.29. The lowest BCUT2D eigenvalue weighted by Crippen LogP contribution is -2.33. The average Bonchev–Trinajstić information content (AvgIpc) is 2.74. The van der Waals surface area contributed by atoms with Gasteiger partial charge in [-0.25, -0.2) is 0 Å². The predicted octanol–water partition coefficient (Wildman–Crippen LogP) is 2.55. The summed E-state index contributed by atoms with van der Waals surface area (Å²) in [5.41, 5.74) is 2.20. The number of carboxylic acid groups (broad SMARTS) is 2. The van der Waals surface area contributed by atoms with Crippen molar-refractivity contribution < 1.29 is 19.8 Å². The number of pyridine rings is 1. The lowest BCUT2D eigenvalue weighted by molar-refractivity contribution is -0.150. The van der Waals surface area contributed by atoms with Gasteiger partial charge in [0.2, 0.25) is 0 Å². The van der Waals surface area contributed by atoms with Crippen molar-refractivity contribution in [3.8, 4) is 0 Å². The summed E-state index contributed by atoms with van der Waals surface area (Å²) in [5, 5.41) is 18.5. The van der Waals surface area contributed by atoms with Crippen LogP contribution in [-0.2, 0) is 9.59 Å². The van der Waals surface area contributed by atoms with Gasteiger partial charge in [0.25, 0.3) is 0 Å². The van der Waals surface area contributed by atoms with Gasteiger partial charge in [-0.05, 0) is 30.3 Å². The van der Waals surface area contributed by atoms with Crippen LogP contribution in [0.2, 0.25) is 0 Å². The number of aliphatic imine (C=N–C) groups is 2. The molecule has 0 atom stereocenters. The number of fused-ring (bicyclic) bond motifs is 1. The number of benzene rings is 1. The molecular weight excluding hydrogens is 390 g/mol. The summed E-state index contributed by atoms with van der Waals surface area (Å²) in [6, 6.07) is 10.6. The summed E-state index contributed by atoms with van der Waals surface area (Å²) >= 11 is 3.39. The van der Waals surface area contributed by atoms with Gasteiger partial charge in [0.05, 0.1) is 29.3 Å². The van der Waals surface area contributed by atoms with Crippen molar-refractivity contribution in [2.75, 3.05) is 6.54 Å². The van der Waals surface area contributed by atoms with Crippen LogP contribution in [0.3, 0.4) is 0 Å². The third-order valence-corrected chi connectivity index (χ3v) is 4.10. The molecular formula is C17H12BrN3O4. The Morgan fingerprint density at radius 2 is 1.88 bits per heavy atom. The SMILES string of the molecule is O=C(O)C(C(=O)O)C1=Nc2ccc(Br)cc2C(c2ccccn2)=NC1. The number of nitrogens with zero attached hydrogens (tertiary/aromatic N) is 3. The van der Waals surface area contributed by atoms with E-state index in [0.717, 1.165) is 4.47 Å². The third kappa shape index (κ3) is 3.48. The first kappa shape index (κ1) is 17.0. The molecule has 1 aromatic heterocycles. The lowest BCUT2D eigenvalue weighted by atomic mass is 10.0. The summed E-state index contributed by atoms with van der Waals surface area (Å²) in [6.45, 7) is -0.137. The molecule has 0 spiro atoms. The van der Waals surface area contributed by atoms with Gasteiger partial charge in [-0.15, -0.1) is 0 Å². The summed E-state index contributed by atoms with van der Waals surface area (Å²) in [4.78, 5) is 35.7. The van der Waals surface area contributed by atoms with E-state index in [9.17, 15) is 19.8 Å². The van der Waals surface area contributed by atoms with E-state index in [-0.39, 0.29) is 12.3 Å². The van der Waals surface area contributed by atoms with E-state index >= 15 is 0 Å². The molecule has 0 unspecified atom stereocenters. The maximum atomic E-state index is 11.3.